The zero-order valence-electron chi connectivity index (χ0n) is 13.1. The average Bonchev–Trinajstić information content (AvgIpc) is 3.21. The number of carbonyl (C=O) groups excluding carboxylic acids is 1. The van der Waals surface area contributed by atoms with Crippen LogP contribution in [0.4, 0.5) is 0 Å². The summed E-state index contributed by atoms with van der Waals surface area (Å²) in [6, 6.07) is 8.03. The van der Waals surface area contributed by atoms with Crippen molar-refractivity contribution in [1.82, 2.24) is 5.32 Å². The number of amides is 1. The van der Waals surface area contributed by atoms with E-state index in [2.05, 4.69) is 18.3 Å². The van der Waals surface area contributed by atoms with Crippen LogP contribution < -0.4 is 10.1 Å². The maximum Gasteiger partial charge on any atom is 0.261 e. The summed E-state index contributed by atoms with van der Waals surface area (Å²) in [4.78, 5) is 14.3. The van der Waals surface area contributed by atoms with Crippen molar-refractivity contribution in [1.29, 1.82) is 0 Å². The largest absolute Gasteiger partial charge is 0.488 e. The van der Waals surface area contributed by atoms with Gasteiger partial charge in [-0.1, -0.05) is 12.1 Å². The van der Waals surface area contributed by atoms with Crippen molar-refractivity contribution in [2.45, 2.75) is 32.5 Å². The second-order valence-corrected chi connectivity index (χ2v) is 7.10. The first-order valence-electron chi connectivity index (χ1n) is 7.97. The van der Waals surface area contributed by atoms with E-state index in [0.29, 0.717) is 13.2 Å². The van der Waals surface area contributed by atoms with Crippen LogP contribution in [0.2, 0.25) is 0 Å². The van der Waals surface area contributed by atoms with Gasteiger partial charge in [-0.25, -0.2) is 0 Å². The Hall–Kier alpha value is -1.85. The third kappa shape index (κ3) is 2.75. The van der Waals surface area contributed by atoms with Crippen molar-refractivity contribution < 1.29 is 14.3 Å². The van der Waals surface area contributed by atoms with E-state index < -0.39 is 0 Å². The van der Waals surface area contributed by atoms with Crippen LogP contribution in [0, 0.1) is 6.92 Å². The van der Waals surface area contributed by atoms with Gasteiger partial charge < -0.3 is 14.8 Å². The number of benzene rings is 1. The van der Waals surface area contributed by atoms with Crippen molar-refractivity contribution in [2.24, 2.45) is 0 Å². The van der Waals surface area contributed by atoms with Gasteiger partial charge in [0.05, 0.1) is 11.0 Å². The molecule has 0 radical (unpaired) electrons. The van der Waals surface area contributed by atoms with Crippen LogP contribution in [0.15, 0.2) is 24.3 Å². The fraction of sp³-hybridized carbons (Fsp3) is 0.389. The first-order valence-corrected chi connectivity index (χ1v) is 8.79. The molecule has 5 heteroatoms. The summed E-state index contributed by atoms with van der Waals surface area (Å²) in [5.41, 5.74) is 3.40. The summed E-state index contributed by atoms with van der Waals surface area (Å²) in [7, 11) is 0. The molecule has 0 saturated carbocycles. The lowest BCUT2D eigenvalue weighted by atomic mass is 10.0. The maximum atomic E-state index is 12.4. The smallest absolute Gasteiger partial charge is 0.261 e. The molecule has 1 fully saturated rings. The highest BCUT2D eigenvalue weighted by Crippen LogP contribution is 2.44. The third-order valence-corrected chi connectivity index (χ3v) is 5.59. The van der Waals surface area contributed by atoms with Gasteiger partial charge in [0.15, 0.2) is 0 Å². The number of hydrogen-bond acceptors (Lipinski definition) is 4. The summed E-state index contributed by atoms with van der Waals surface area (Å²) >= 11 is 1.55. The van der Waals surface area contributed by atoms with Gasteiger partial charge in [-0.15, -0.1) is 11.3 Å². The highest BCUT2D eigenvalue weighted by molar-refractivity contribution is 7.17. The first-order chi connectivity index (χ1) is 11.2. The molecule has 1 N–H and O–H groups in total. The van der Waals surface area contributed by atoms with Crippen molar-refractivity contribution >= 4 is 17.2 Å². The Morgan fingerprint density at radius 1 is 1.43 bits per heavy atom. The van der Waals surface area contributed by atoms with Gasteiger partial charge in [0.25, 0.3) is 5.91 Å². The van der Waals surface area contributed by atoms with Crippen LogP contribution in [-0.2, 0) is 11.3 Å². The highest BCUT2D eigenvalue weighted by atomic mass is 32.1. The molecule has 0 aliphatic carbocycles. The molecule has 1 aromatic heterocycles. The molecule has 1 saturated heterocycles. The lowest BCUT2D eigenvalue weighted by Gasteiger charge is -2.19. The summed E-state index contributed by atoms with van der Waals surface area (Å²) < 4.78 is 11.4. The molecule has 1 aromatic carbocycles. The second kappa shape index (κ2) is 5.98. The Bertz CT molecular complexity index is 747. The molecule has 1 amide bonds. The maximum absolute atomic E-state index is 12.4. The normalized spacial score (nSPS) is 18.9. The van der Waals surface area contributed by atoms with Gasteiger partial charge >= 0.3 is 0 Å². The molecule has 3 heterocycles. The van der Waals surface area contributed by atoms with E-state index in [-0.39, 0.29) is 12.0 Å². The molecule has 2 aliphatic rings. The number of fused-ring (bicyclic) bond motifs is 3. The van der Waals surface area contributed by atoms with Gasteiger partial charge in [-0.2, -0.15) is 0 Å². The molecule has 0 bridgehead atoms. The second-order valence-electron chi connectivity index (χ2n) is 6.05. The van der Waals surface area contributed by atoms with E-state index in [1.807, 2.05) is 18.2 Å². The molecule has 120 valence electrons. The number of ether oxygens (including phenoxy) is 2. The first kappa shape index (κ1) is 14.7. The summed E-state index contributed by atoms with van der Waals surface area (Å²) in [5, 5.41) is 2.99. The van der Waals surface area contributed by atoms with E-state index >= 15 is 0 Å². The molecule has 1 unspecified atom stereocenters. The van der Waals surface area contributed by atoms with Crippen molar-refractivity contribution in [3.05, 3.63) is 40.3 Å². The number of nitrogens with one attached hydrogen (secondary N) is 1. The molecule has 4 nitrogen and oxygen atoms in total. The van der Waals surface area contributed by atoms with Crippen LogP contribution >= 0.6 is 11.3 Å². The summed E-state index contributed by atoms with van der Waals surface area (Å²) in [5.74, 6) is 0.890. The predicted octanol–water partition coefficient (Wildman–Crippen LogP) is 3.52. The Kier molecular flexibility index (Phi) is 3.83. The van der Waals surface area contributed by atoms with E-state index in [0.717, 1.165) is 46.1 Å². The van der Waals surface area contributed by atoms with Gasteiger partial charge in [0, 0.05) is 29.2 Å². The summed E-state index contributed by atoms with van der Waals surface area (Å²) in [6.07, 6.45) is 2.28. The van der Waals surface area contributed by atoms with E-state index in [1.165, 1.54) is 5.56 Å². The number of rotatable bonds is 3. The molecular weight excluding hydrogens is 310 g/mol. The van der Waals surface area contributed by atoms with E-state index in [1.54, 1.807) is 11.3 Å². The van der Waals surface area contributed by atoms with Crippen molar-refractivity contribution in [2.75, 3.05) is 13.2 Å². The van der Waals surface area contributed by atoms with E-state index in [4.69, 9.17) is 9.47 Å². The SMILES string of the molecule is Cc1cccc2c1-c1sc(C(=O)NCC3CCCO3)cc1CO2. The Morgan fingerprint density at radius 2 is 2.35 bits per heavy atom. The third-order valence-electron chi connectivity index (χ3n) is 4.39. The topological polar surface area (TPSA) is 47.6 Å². The van der Waals surface area contributed by atoms with Crippen LogP contribution in [0.3, 0.4) is 0 Å². The fourth-order valence-electron chi connectivity index (χ4n) is 3.17. The minimum absolute atomic E-state index is 0.0185. The van der Waals surface area contributed by atoms with E-state index in [9.17, 15) is 4.79 Å². The zero-order chi connectivity index (χ0) is 15.8. The van der Waals surface area contributed by atoms with Crippen LogP contribution in [0.25, 0.3) is 10.4 Å². The van der Waals surface area contributed by atoms with Crippen LogP contribution in [-0.4, -0.2) is 25.2 Å². The Labute approximate surface area is 139 Å². The van der Waals surface area contributed by atoms with Crippen molar-refractivity contribution in [3.63, 3.8) is 0 Å². The fourth-order valence-corrected chi connectivity index (χ4v) is 4.36. The molecule has 2 aliphatic heterocycles. The highest BCUT2D eigenvalue weighted by Gasteiger charge is 2.24. The summed E-state index contributed by atoms with van der Waals surface area (Å²) in [6.45, 7) is 4.00. The van der Waals surface area contributed by atoms with Crippen LogP contribution in [0.5, 0.6) is 5.75 Å². The molecule has 2 aromatic rings. The lowest BCUT2D eigenvalue weighted by Crippen LogP contribution is -2.31. The van der Waals surface area contributed by atoms with Gasteiger partial charge in [0.1, 0.15) is 12.4 Å². The molecule has 4 rings (SSSR count). The minimum Gasteiger partial charge on any atom is -0.488 e. The molecule has 23 heavy (non-hydrogen) atoms. The lowest BCUT2D eigenvalue weighted by molar-refractivity contribution is 0.0861. The minimum atomic E-state index is -0.0185. The average molecular weight is 329 g/mol. The Balaban J connectivity index is 1.56. The quantitative estimate of drug-likeness (QED) is 0.937. The predicted molar refractivity (Wildman–Crippen MR) is 90.1 cm³/mol. The van der Waals surface area contributed by atoms with Gasteiger partial charge in [0.2, 0.25) is 0 Å². The van der Waals surface area contributed by atoms with Crippen LogP contribution in [0.1, 0.15) is 33.6 Å². The van der Waals surface area contributed by atoms with Gasteiger partial charge in [-0.3, -0.25) is 4.79 Å². The number of carbonyl (C=O) groups is 1. The molecule has 0 spiro atoms. The standard InChI is InChI=1S/C18H19NO3S/c1-11-4-2-6-14-16(11)17-12(10-22-14)8-15(23-17)18(20)19-9-13-5-3-7-21-13/h2,4,6,8,13H,3,5,7,9-10H2,1H3,(H,19,20). The Morgan fingerprint density at radius 3 is 3.17 bits per heavy atom. The number of aryl methyl sites for hydroxylation is 1. The molecular formula is C18H19NO3S. The zero-order valence-corrected chi connectivity index (χ0v) is 13.9. The number of thiophene rings is 1. The van der Waals surface area contributed by atoms with Gasteiger partial charge in [-0.05, 0) is 37.5 Å². The monoisotopic (exact) mass is 329 g/mol. The molecule has 1 atom stereocenters. The number of hydrogen-bond donors (Lipinski definition) is 1. The van der Waals surface area contributed by atoms with Crippen molar-refractivity contribution in [3.8, 4) is 16.2 Å².